The van der Waals surface area contributed by atoms with Crippen molar-refractivity contribution in [1.29, 1.82) is 0 Å². The van der Waals surface area contributed by atoms with Gasteiger partial charge >= 0.3 is 5.97 Å². The third kappa shape index (κ3) is 2.39. The van der Waals surface area contributed by atoms with E-state index in [0.717, 1.165) is 4.31 Å². The summed E-state index contributed by atoms with van der Waals surface area (Å²) in [6.07, 6.45) is 1.25. The van der Waals surface area contributed by atoms with Crippen molar-refractivity contribution in [2.24, 2.45) is 0 Å². The molecule has 1 heterocycles. The highest BCUT2D eigenvalue weighted by atomic mass is 32.2. The number of carbonyl (C=O) groups is 2. The van der Waals surface area contributed by atoms with Crippen molar-refractivity contribution < 1.29 is 23.1 Å². The van der Waals surface area contributed by atoms with E-state index in [0.29, 0.717) is 12.7 Å². The lowest BCUT2D eigenvalue weighted by molar-refractivity contribution is -0.140. The first-order chi connectivity index (χ1) is 8.98. The van der Waals surface area contributed by atoms with Gasteiger partial charge < -0.3 is 5.11 Å². The Bertz CT molecular complexity index is 610. The van der Waals surface area contributed by atoms with Crippen molar-refractivity contribution in [3.8, 4) is 0 Å². The van der Waals surface area contributed by atoms with E-state index in [1.807, 2.05) is 0 Å². The number of aldehydes is 1. The smallest absolute Gasteiger partial charge is 0.322 e. The Hall–Kier alpha value is -1.73. The summed E-state index contributed by atoms with van der Waals surface area (Å²) in [6.45, 7) is 0.159. The summed E-state index contributed by atoms with van der Waals surface area (Å²) in [6, 6.07) is 4.72. The molecule has 1 aromatic carbocycles. The Morgan fingerprint density at radius 2 is 2.05 bits per heavy atom. The minimum absolute atomic E-state index is 0.0403. The van der Waals surface area contributed by atoms with E-state index < -0.39 is 22.0 Å². The van der Waals surface area contributed by atoms with E-state index in [2.05, 4.69) is 0 Å². The van der Waals surface area contributed by atoms with E-state index in [1.165, 1.54) is 18.2 Å². The fourth-order valence-electron chi connectivity index (χ4n) is 2.21. The van der Waals surface area contributed by atoms with Crippen LogP contribution in [0.15, 0.2) is 29.2 Å². The van der Waals surface area contributed by atoms with Crippen LogP contribution in [0.3, 0.4) is 0 Å². The average Bonchev–Trinajstić information content (AvgIpc) is 2.88. The first kappa shape index (κ1) is 13.7. The number of rotatable bonds is 4. The first-order valence-electron chi connectivity index (χ1n) is 5.77. The SMILES string of the molecule is O=Cc1ccccc1S(=O)(=O)N1CCCC1C(=O)O. The second-order valence-electron chi connectivity index (χ2n) is 4.27. The topological polar surface area (TPSA) is 91.8 Å². The second kappa shape index (κ2) is 5.10. The first-order valence-corrected chi connectivity index (χ1v) is 7.21. The van der Waals surface area contributed by atoms with Gasteiger partial charge in [0, 0.05) is 12.1 Å². The summed E-state index contributed by atoms with van der Waals surface area (Å²) in [4.78, 5) is 21.8. The van der Waals surface area contributed by atoms with Crippen LogP contribution in [0, 0.1) is 0 Å². The lowest BCUT2D eigenvalue weighted by Crippen LogP contribution is -2.40. The fraction of sp³-hybridized carbons (Fsp3) is 0.333. The molecule has 0 aliphatic carbocycles. The number of sulfonamides is 1. The molecule has 1 fully saturated rings. The highest BCUT2D eigenvalue weighted by Gasteiger charge is 2.40. The van der Waals surface area contributed by atoms with E-state index >= 15 is 0 Å². The molecule has 1 aliphatic heterocycles. The largest absolute Gasteiger partial charge is 0.480 e. The van der Waals surface area contributed by atoms with Crippen LogP contribution in [-0.4, -0.2) is 42.7 Å². The van der Waals surface area contributed by atoms with Crippen LogP contribution in [0.4, 0.5) is 0 Å². The highest BCUT2D eigenvalue weighted by molar-refractivity contribution is 7.89. The third-order valence-electron chi connectivity index (χ3n) is 3.12. The Labute approximate surface area is 110 Å². The van der Waals surface area contributed by atoms with Gasteiger partial charge in [-0.3, -0.25) is 9.59 Å². The molecule has 6 nitrogen and oxygen atoms in total. The second-order valence-corrected chi connectivity index (χ2v) is 6.13. The summed E-state index contributed by atoms with van der Waals surface area (Å²) < 4.78 is 25.8. The standard InChI is InChI=1S/C12H13NO5S/c14-8-9-4-1-2-6-11(9)19(17,18)13-7-3-5-10(13)12(15)16/h1-2,4,6,8,10H,3,5,7H2,(H,15,16). The molecule has 0 aromatic heterocycles. The maximum absolute atomic E-state index is 12.4. The van der Waals surface area contributed by atoms with Crippen molar-refractivity contribution in [2.75, 3.05) is 6.54 Å². The van der Waals surface area contributed by atoms with Crippen LogP contribution in [0.25, 0.3) is 0 Å². The van der Waals surface area contributed by atoms with Gasteiger partial charge in [0.05, 0.1) is 4.90 Å². The molecule has 0 saturated carbocycles. The zero-order chi connectivity index (χ0) is 14.0. The number of benzene rings is 1. The molecule has 1 aliphatic rings. The Balaban J connectivity index is 2.48. The zero-order valence-corrected chi connectivity index (χ0v) is 10.8. The lowest BCUT2D eigenvalue weighted by atomic mass is 10.2. The Morgan fingerprint density at radius 3 is 2.68 bits per heavy atom. The average molecular weight is 283 g/mol. The number of hydrogen-bond acceptors (Lipinski definition) is 4. The highest BCUT2D eigenvalue weighted by Crippen LogP contribution is 2.27. The van der Waals surface area contributed by atoms with Gasteiger partial charge in [-0.05, 0) is 18.9 Å². The minimum Gasteiger partial charge on any atom is -0.480 e. The summed E-state index contributed by atoms with van der Waals surface area (Å²) in [7, 11) is -3.95. The quantitative estimate of drug-likeness (QED) is 0.823. The number of carbonyl (C=O) groups excluding carboxylic acids is 1. The lowest BCUT2D eigenvalue weighted by Gasteiger charge is -2.21. The number of nitrogens with zero attached hydrogens (tertiary/aromatic N) is 1. The summed E-state index contributed by atoms with van der Waals surface area (Å²) >= 11 is 0. The van der Waals surface area contributed by atoms with Crippen LogP contribution >= 0.6 is 0 Å². The summed E-state index contributed by atoms with van der Waals surface area (Å²) in [5, 5.41) is 9.04. The van der Waals surface area contributed by atoms with Crippen LogP contribution in [0.2, 0.25) is 0 Å². The van der Waals surface area contributed by atoms with Gasteiger partial charge in [0.2, 0.25) is 10.0 Å². The number of aliphatic carboxylic acids is 1. The summed E-state index contributed by atoms with van der Waals surface area (Å²) in [5.74, 6) is -1.16. The molecular formula is C12H13NO5S. The van der Waals surface area contributed by atoms with Crippen molar-refractivity contribution in [3.63, 3.8) is 0 Å². The predicted octanol–water partition coefficient (Wildman–Crippen LogP) is 0.737. The van der Waals surface area contributed by atoms with E-state index in [4.69, 9.17) is 5.11 Å². The van der Waals surface area contributed by atoms with E-state index in [1.54, 1.807) is 6.07 Å². The van der Waals surface area contributed by atoms with E-state index in [9.17, 15) is 18.0 Å². The van der Waals surface area contributed by atoms with Gasteiger partial charge in [-0.15, -0.1) is 0 Å². The van der Waals surface area contributed by atoms with Crippen molar-refractivity contribution >= 4 is 22.3 Å². The molecule has 1 saturated heterocycles. The number of hydrogen-bond donors (Lipinski definition) is 1. The van der Waals surface area contributed by atoms with Crippen LogP contribution in [0.5, 0.6) is 0 Å². The fourth-order valence-corrected chi connectivity index (χ4v) is 4.03. The maximum atomic E-state index is 12.4. The molecule has 7 heteroatoms. The monoisotopic (exact) mass is 283 g/mol. The normalized spacial score (nSPS) is 20.3. The predicted molar refractivity (Wildman–Crippen MR) is 66.4 cm³/mol. The van der Waals surface area contributed by atoms with Crippen molar-refractivity contribution in [2.45, 2.75) is 23.8 Å². The molecule has 1 unspecified atom stereocenters. The molecular weight excluding hydrogens is 270 g/mol. The molecule has 2 rings (SSSR count). The Morgan fingerprint density at radius 1 is 1.37 bits per heavy atom. The number of carboxylic acids is 1. The van der Waals surface area contributed by atoms with E-state index in [-0.39, 0.29) is 23.4 Å². The Kier molecular flexibility index (Phi) is 3.68. The van der Waals surface area contributed by atoms with Gasteiger partial charge in [-0.25, -0.2) is 8.42 Å². The molecule has 0 bridgehead atoms. The number of carboxylic acid groups (broad SMARTS) is 1. The minimum atomic E-state index is -3.95. The van der Waals surface area contributed by atoms with Gasteiger partial charge in [-0.1, -0.05) is 18.2 Å². The molecule has 0 amide bonds. The summed E-state index contributed by atoms with van der Waals surface area (Å²) in [5.41, 5.74) is 0.0403. The molecule has 0 spiro atoms. The molecule has 1 aromatic rings. The zero-order valence-electron chi connectivity index (χ0n) is 10.0. The maximum Gasteiger partial charge on any atom is 0.322 e. The van der Waals surface area contributed by atoms with Gasteiger partial charge in [0.15, 0.2) is 6.29 Å². The van der Waals surface area contributed by atoms with Crippen LogP contribution in [0.1, 0.15) is 23.2 Å². The molecule has 19 heavy (non-hydrogen) atoms. The van der Waals surface area contributed by atoms with Gasteiger partial charge in [0.1, 0.15) is 6.04 Å². The van der Waals surface area contributed by atoms with Gasteiger partial charge in [-0.2, -0.15) is 4.31 Å². The molecule has 1 atom stereocenters. The van der Waals surface area contributed by atoms with Crippen LogP contribution < -0.4 is 0 Å². The molecule has 102 valence electrons. The third-order valence-corrected chi connectivity index (χ3v) is 5.10. The molecule has 0 radical (unpaired) electrons. The van der Waals surface area contributed by atoms with Crippen molar-refractivity contribution in [3.05, 3.63) is 29.8 Å². The van der Waals surface area contributed by atoms with Crippen molar-refractivity contribution in [1.82, 2.24) is 4.31 Å². The molecule has 1 N–H and O–H groups in total. The van der Waals surface area contributed by atoms with Crippen LogP contribution in [-0.2, 0) is 14.8 Å². The van der Waals surface area contributed by atoms with Gasteiger partial charge in [0.25, 0.3) is 0 Å².